The summed E-state index contributed by atoms with van der Waals surface area (Å²) in [5, 5.41) is 8.99. The summed E-state index contributed by atoms with van der Waals surface area (Å²) in [6, 6.07) is 0. The third kappa shape index (κ3) is 10.2. The van der Waals surface area contributed by atoms with Gasteiger partial charge in [0.15, 0.2) is 0 Å². The number of carbonyl (C=O) groups excluding carboxylic acids is 4. The zero-order chi connectivity index (χ0) is 27.3. The molecule has 0 spiro atoms. The van der Waals surface area contributed by atoms with E-state index in [-0.39, 0.29) is 45.7 Å². The number of rotatable bonds is 17. The van der Waals surface area contributed by atoms with Crippen LogP contribution in [0.2, 0.25) is 0 Å². The van der Waals surface area contributed by atoms with Crippen LogP contribution in [0.1, 0.15) is 87.0 Å². The summed E-state index contributed by atoms with van der Waals surface area (Å²) in [5.41, 5.74) is -3.30. The Bertz CT molecular complexity index is 703. The number of aliphatic hydroxyl groups excluding tert-OH is 1. The largest absolute Gasteiger partial charge is 0.469 e. The fourth-order valence-electron chi connectivity index (χ4n) is 4.23. The van der Waals surface area contributed by atoms with Crippen LogP contribution in [0.5, 0.6) is 0 Å². The van der Waals surface area contributed by atoms with Crippen molar-refractivity contribution in [3.05, 3.63) is 0 Å². The van der Waals surface area contributed by atoms with E-state index in [9.17, 15) is 19.2 Å². The van der Waals surface area contributed by atoms with E-state index >= 15 is 0 Å². The van der Waals surface area contributed by atoms with E-state index in [0.717, 1.165) is 6.42 Å². The minimum absolute atomic E-state index is 0.0140. The molecule has 0 saturated carbocycles. The third-order valence-corrected chi connectivity index (χ3v) is 6.41. The number of hydrogen-bond donors (Lipinski definition) is 1. The van der Waals surface area contributed by atoms with Crippen LogP contribution in [0.3, 0.4) is 0 Å². The first kappa shape index (κ1) is 32.8. The van der Waals surface area contributed by atoms with Crippen LogP contribution in [0.25, 0.3) is 0 Å². The second-order valence-corrected chi connectivity index (χ2v) is 10.2. The fourth-order valence-corrected chi connectivity index (χ4v) is 4.23. The molecule has 3 unspecified atom stereocenters. The summed E-state index contributed by atoms with van der Waals surface area (Å²) in [6.07, 6.45) is 2.10. The number of unbranched alkanes of at least 4 members (excludes halogenated alkanes) is 1. The highest BCUT2D eigenvalue weighted by molar-refractivity contribution is 5.82. The molecule has 0 saturated heterocycles. The van der Waals surface area contributed by atoms with Crippen molar-refractivity contribution in [3.63, 3.8) is 0 Å². The molecular formula is C26H46O9. The van der Waals surface area contributed by atoms with Crippen molar-refractivity contribution in [1.29, 1.82) is 0 Å². The Morgan fingerprint density at radius 1 is 0.800 bits per heavy atom. The molecule has 0 aliphatic carbocycles. The highest BCUT2D eigenvalue weighted by Crippen LogP contribution is 2.44. The summed E-state index contributed by atoms with van der Waals surface area (Å²) in [5.74, 6) is -2.91. The van der Waals surface area contributed by atoms with Crippen LogP contribution >= 0.6 is 0 Å². The molecule has 1 N–H and O–H groups in total. The zero-order valence-electron chi connectivity index (χ0n) is 22.9. The SMILES string of the molecule is CCCCOC(=O)C(CC(C)(C)C(=O)OCCO)CC(C)(CC(C)(CC)C(=O)OC)C(=O)OCC. The number of ether oxygens (including phenoxy) is 4. The van der Waals surface area contributed by atoms with Crippen LogP contribution in [0.15, 0.2) is 0 Å². The van der Waals surface area contributed by atoms with E-state index in [1.54, 1.807) is 34.6 Å². The molecule has 0 aromatic carbocycles. The van der Waals surface area contributed by atoms with Crippen molar-refractivity contribution < 1.29 is 43.2 Å². The van der Waals surface area contributed by atoms with E-state index < -0.39 is 46.0 Å². The van der Waals surface area contributed by atoms with Gasteiger partial charge in [-0.05, 0) is 66.7 Å². The number of esters is 4. The average Bonchev–Trinajstić information content (AvgIpc) is 2.81. The predicted molar refractivity (Wildman–Crippen MR) is 130 cm³/mol. The molecule has 0 aromatic heterocycles. The van der Waals surface area contributed by atoms with E-state index in [0.29, 0.717) is 12.8 Å². The Hall–Kier alpha value is -2.16. The van der Waals surface area contributed by atoms with Crippen molar-refractivity contribution in [2.75, 3.05) is 33.5 Å². The van der Waals surface area contributed by atoms with Crippen molar-refractivity contribution in [3.8, 4) is 0 Å². The number of methoxy groups -OCH3 is 1. The molecule has 0 radical (unpaired) electrons. The molecule has 0 aliphatic rings. The third-order valence-electron chi connectivity index (χ3n) is 6.41. The van der Waals surface area contributed by atoms with Crippen LogP contribution in [0, 0.1) is 22.2 Å². The molecule has 0 aromatic rings. The zero-order valence-corrected chi connectivity index (χ0v) is 22.9. The fraction of sp³-hybridized carbons (Fsp3) is 0.846. The molecule has 9 nitrogen and oxygen atoms in total. The Labute approximate surface area is 210 Å². The summed E-state index contributed by atoms with van der Waals surface area (Å²) in [6.45, 7) is 12.1. The molecule has 35 heavy (non-hydrogen) atoms. The molecule has 204 valence electrons. The lowest BCUT2D eigenvalue weighted by Gasteiger charge is -2.38. The minimum atomic E-state index is -1.23. The van der Waals surface area contributed by atoms with Gasteiger partial charge in [0.05, 0.1) is 49.1 Å². The van der Waals surface area contributed by atoms with Crippen LogP contribution in [-0.2, 0) is 38.1 Å². The molecule has 0 fully saturated rings. The molecular weight excluding hydrogens is 456 g/mol. The molecule has 9 heteroatoms. The van der Waals surface area contributed by atoms with Crippen LogP contribution in [0.4, 0.5) is 0 Å². The lowest BCUT2D eigenvalue weighted by atomic mass is 9.66. The summed E-state index contributed by atoms with van der Waals surface area (Å²) in [7, 11) is 1.30. The Morgan fingerprint density at radius 2 is 1.43 bits per heavy atom. The molecule has 0 heterocycles. The highest BCUT2D eigenvalue weighted by Gasteiger charge is 2.48. The van der Waals surface area contributed by atoms with Gasteiger partial charge in [-0.2, -0.15) is 0 Å². The summed E-state index contributed by atoms with van der Waals surface area (Å²) in [4.78, 5) is 51.5. The van der Waals surface area contributed by atoms with E-state index in [1.165, 1.54) is 7.11 Å². The molecule has 0 rings (SSSR count). The monoisotopic (exact) mass is 502 g/mol. The quantitative estimate of drug-likeness (QED) is 0.179. The summed E-state index contributed by atoms with van der Waals surface area (Å²) >= 11 is 0. The van der Waals surface area contributed by atoms with Gasteiger partial charge < -0.3 is 24.1 Å². The van der Waals surface area contributed by atoms with Gasteiger partial charge in [0.2, 0.25) is 0 Å². The van der Waals surface area contributed by atoms with Gasteiger partial charge in [-0.25, -0.2) is 0 Å². The molecule has 0 aliphatic heterocycles. The lowest BCUT2D eigenvalue weighted by molar-refractivity contribution is -0.166. The van der Waals surface area contributed by atoms with Gasteiger partial charge in [-0.3, -0.25) is 19.2 Å². The second kappa shape index (κ2) is 15.1. The Balaban J connectivity index is 6.23. The van der Waals surface area contributed by atoms with Gasteiger partial charge >= 0.3 is 23.9 Å². The van der Waals surface area contributed by atoms with Gasteiger partial charge in [0, 0.05) is 0 Å². The van der Waals surface area contributed by atoms with Crippen LogP contribution < -0.4 is 0 Å². The van der Waals surface area contributed by atoms with Gasteiger partial charge in [0.25, 0.3) is 0 Å². The number of carbonyl (C=O) groups is 4. The maximum absolute atomic E-state index is 13.2. The van der Waals surface area contributed by atoms with E-state index in [1.807, 2.05) is 13.8 Å². The first-order chi connectivity index (χ1) is 16.3. The highest BCUT2D eigenvalue weighted by atomic mass is 16.5. The van der Waals surface area contributed by atoms with Crippen LogP contribution in [-0.4, -0.2) is 62.5 Å². The van der Waals surface area contributed by atoms with Crippen molar-refractivity contribution in [2.24, 2.45) is 22.2 Å². The van der Waals surface area contributed by atoms with E-state index in [4.69, 9.17) is 24.1 Å². The lowest BCUT2D eigenvalue weighted by Crippen LogP contribution is -2.43. The van der Waals surface area contributed by atoms with Gasteiger partial charge in [-0.1, -0.05) is 20.3 Å². The minimum Gasteiger partial charge on any atom is -0.469 e. The number of hydrogen-bond acceptors (Lipinski definition) is 9. The molecule has 0 bridgehead atoms. The van der Waals surface area contributed by atoms with Crippen molar-refractivity contribution in [2.45, 2.75) is 87.0 Å². The van der Waals surface area contributed by atoms with Gasteiger partial charge in [-0.15, -0.1) is 0 Å². The summed E-state index contributed by atoms with van der Waals surface area (Å²) < 4.78 is 20.9. The Kier molecular flexibility index (Phi) is 14.1. The maximum Gasteiger partial charge on any atom is 0.311 e. The average molecular weight is 503 g/mol. The standard InChI is InChI=1S/C26H46O9/c1-9-12-14-34-20(28)19(16-24(4,5)21(29)35-15-13-27)17-26(7,23(31)33-11-3)18-25(6,10-2)22(30)32-8/h19,27H,9-18H2,1-8H3. The molecule has 3 atom stereocenters. The normalized spacial score (nSPS) is 15.8. The number of aliphatic hydroxyl groups is 1. The van der Waals surface area contributed by atoms with Gasteiger partial charge in [0.1, 0.15) is 6.61 Å². The first-order valence-corrected chi connectivity index (χ1v) is 12.5. The van der Waals surface area contributed by atoms with Crippen molar-refractivity contribution >= 4 is 23.9 Å². The predicted octanol–water partition coefficient (Wildman–Crippen LogP) is 3.84. The topological polar surface area (TPSA) is 125 Å². The van der Waals surface area contributed by atoms with E-state index in [2.05, 4.69) is 0 Å². The second-order valence-electron chi connectivity index (χ2n) is 10.2. The molecule has 0 amide bonds. The maximum atomic E-state index is 13.2. The Morgan fingerprint density at radius 3 is 1.91 bits per heavy atom. The smallest absolute Gasteiger partial charge is 0.311 e. The first-order valence-electron chi connectivity index (χ1n) is 12.5. The van der Waals surface area contributed by atoms with Crippen molar-refractivity contribution in [1.82, 2.24) is 0 Å².